The highest BCUT2D eigenvalue weighted by molar-refractivity contribution is 5.92. The normalized spacial score (nSPS) is 17.9. The molecule has 1 fully saturated rings. The number of nitrogens with one attached hydrogen (secondary N) is 1. The molecule has 1 aliphatic rings. The second-order valence-electron chi connectivity index (χ2n) is 6.33. The topological polar surface area (TPSA) is 67.2 Å². The fourth-order valence-electron chi connectivity index (χ4n) is 3.05. The minimum Gasteiger partial charge on any atom is -0.396 e. The minimum absolute atomic E-state index is 0.144. The van der Waals surface area contributed by atoms with Gasteiger partial charge in [-0.1, -0.05) is 32.1 Å². The number of aliphatic hydroxyl groups excluding tert-OH is 1. The molecule has 0 radical (unpaired) electrons. The van der Waals surface area contributed by atoms with Crippen molar-refractivity contribution in [1.82, 2.24) is 15.1 Å². The Morgan fingerprint density at radius 2 is 2.14 bits per heavy atom. The van der Waals surface area contributed by atoms with E-state index in [2.05, 4.69) is 10.4 Å². The fourth-order valence-corrected chi connectivity index (χ4v) is 3.05. The lowest BCUT2D eigenvalue weighted by atomic mass is 9.80. The summed E-state index contributed by atoms with van der Waals surface area (Å²) in [5, 5.41) is 16.8. The van der Waals surface area contributed by atoms with Crippen LogP contribution in [0.4, 0.5) is 0 Å². The van der Waals surface area contributed by atoms with Crippen molar-refractivity contribution in [2.75, 3.05) is 13.2 Å². The van der Waals surface area contributed by atoms with Crippen LogP contribution < -0.4 is 5.32 Å². The molecule has 0 unspecified atom stereocenters. The van der Waals surface area contributed by atoms with Gasteiger partial charge in [0.05, 0.1) is 0 Å². The number of hydrogen-bond acceptors (Lipinski definition) is 3. The molecule has 0 aliphatic heterocycles. The molecule has 0 bridgehead atoms. The van der Waals surface area contributed by atoms with Crippen LogP contribution in [0.1, 0.15) is 62.5 Å². The van der Waals surface area contributed by atoms with Crippen LogP contribution in [0.5, 0.6) is 0 Å². The highest BCUT2D eigenvalue weighted by Gasteiger charge is 2.23. The third kappa shape index (κ3) is 4.30. The van der Waals surface area contributed by atoms with E-state index in [-0.39, 0.29) is 24.5 Å². The van der Waals surface area contributed by atoms with E-state index < -0.39 is 0 Å². The summed E-state index contributed by atoms with van der Waals surface area (Å²) < 4.78 is 1.78. The molecule has 0 spiro atoms. The van der Waals surface area contributed by atoms with Gasteiger partial charge in [-0.15, -0.1) is 0 Å². The van der Waals surface area contributed by atoms with Crippen molar-refractivity contribution in [2.24, 2.45) is 11.8 Å². The number of hydrogen-bond donors (Lipinski definition) is 2. The predicted octanol–water partition coefficient (Wildman–Crippen LogP) is 2.38. The van der Waals surface area contributed by atoms with E-state index in [4.69, 9.17) is 0 Å². The Balaban J connectivity index is 1.86. The summed E-state index contributed by atoms with van der Waals surface area (Å²) in [7, 11) is 0. The first-order valence-corrected chi connectivity index (χ1v) is 8.06. The predicted molar refractivity (Wildman–Crippen MR) is 82.1 cm³/mol. The summed E-state index contributed by atoms with van der Waals surface area (Å²) in [6, 6.07) is 1.99. The molecular formula is C16H27N3O2. The standard InChI is InChI=1S/C16H27N3O2/c1-12(2)19-9-8-15(18-19)16(21)17-10-14(11-20)13-6-4-3-5-7-13/h8-9,12-14,20H,3-7,10-11H2,1-2H3,(H,17,21)/t14-/m1/s1. The van der Waals surface area contributed by atoms with Crippen LogP contribution >= 0.6 is 0 Å². The smallest absolute Gasteiger partial charge is 0.271 e. The Bertz CT molecular complexity index is 450. The molecule has 1 aromatic heterocycles. The number of rotatable bonds is 6. The van der Waals surface area contributed by atoms with Crippen LogP contribution in [-0.2, 0) is 0 Å². The molecule has 5 heteroatoms. The molecule has 118 valence electrons. The van der Waals surface area contributed by atoms with E-state index in [1.807, 2.05) is 20.0 Å². The summed E-state index contributed by atoms with van der Waals surface area (Å²) in [6.45, 7) is 4.74. The van der Waals surface area contributed by atoms with Crippen LogP contribution in [-0.4, -0.2) is 33.9 Å². The van der Waals surface area contributed by atoms with Gasteiger partial charge in [0, 0.05) is 31.3 Å². The molecular weight excluding hydrogens is 266 g/mol. The van der Waals surface area contributed by atoms with E-state index in [0.29, 0.717) is 18.2 Å². The first-order chi connectivity index (χ1) is 10.1. The maximum absolute atomic E-state index is 12.1. The molecule has 2 rings (SSSR count). The summed E-state index contributed by atoms with van der Waals surface area (Å²) in [5.41, 5.74) is 0.448. The van der Waals surface area contributed by atoms with Crippen molar-refractivity contribution in [1.29, 1.82) is 0 Å². The fraction of sp³-hybridized carbons (Fsp3) is 0.750. The van der Waals surface area contributed by atoms with Gasteiger partial charge >= 0.3 is 0 Å². The first-order valence-electron chi connectivity index (χ1n) is 8.06. The SMILES string of the molecule is CC(C)n1ccc(C(=O)NC[C@H](CO)C2CCCCC2)n1. The van der Waals surface area contributed by atoms with E-state index in [1.165, 1.54) is 32.1 Å². The number of aliphatic hydroxyl groups is 1. The zero-order chi connectivity index (χ0) is 15.2. The highest BCUT2D eigenvalue weighted by atomic mass is 16.3. The van der Waals surface area contributed by atoms with Crippen LogP contribution in [0.25, 0.3) is 0 Å². The molecule has 1 atom stereocenters. The van der Waals surface area contributed by atoms with Gasteiger partial charge in [-0.2, -0.15) is 5.10 Å². The Kier molecular flexibility index (Phi) is 5.79. The number of aromatic nitrogens is 2. The molecule has 5 nitrogen and oxygen atoms in total. The molecule has 2 N–H and O–H groups in total. The van der Waals surface area contributed by atoms with E-state index in [0.717, 1.165) is 0 Å². The van der Waals surface area contributed by atoms with E-state index in [1.54, 1.807) is 10.7 Å². The van der Waals surface area contributed by atoms with Gasteiger partial charge in [0.2, 0.25) is 0 Å². The van der Waals surface area contributed by atoms with Gasteiger partial charge in [0.25, 0.3) is 5.91 Å². The lowest BCUT2D eigenvalue weighted by Crippen LogP contribution is -2.35. The van der Waals surface area contributed by atoms with Gasteiger partial charge in [-0.3, -0.25) is 9.48 Å². The summed E-state index contributed by atoms with van der Waals surface area (Å²) in [6.07, 6.45) is 7.95. The monoisotopic (exact) mass is 293 g/mol. The summed E-state index contributed by atoms with van der Waals surface area (Å²) in [5.74, 6) is 0.558. The average molecular weight is 293 g/mol. The van der Waals surface area contributed by atoms with Crippen molar-refractivity contribution < 1.29 is 9.90 Å². The van der Waals surface area contributed by atoms with Crippen molar-refractivity contribution in [3.8, 4) is 0 Å². The zero-order valence-electron chi connectivity index (χ0n) is 13.1. The summed E-state index contributed by atoms with van der Waals surface area (Å²) in [4.78, 5) is 12.1. The van der Waals surface area contributed by atoms with E-state index >= 15 is 0 Å². The molecule has 1 aromatic rings. The Morgan fingerprint density at radius 1 is 1.43 bits per heavy atom. The lowest BCUT2D eigenvalue weighted by molar-refractivity contribution is 0.0908. The molecule has 21 heavy (non-hydrogen) atoms. The van der Waals surface area contributed by atoms with Crippen molar-refractivity contribution in [3.05, 3.63) is 18.0 Å². The van der Waals surface area contributed by atoms with Crippen molar-refractivity contribution >= 4 is 5.91 Å². The van der Waals surface area contributed by atoms with Gasteiger partial charge < -0.3 is 10.4 Å². The summed E-state index contributed by atoms with van der Waals surface area (Å²) >= 11 is 0. The second kappa shape index (κ2) is 7.59. The zero-order valence-corrected chi connectivity index (χ0v) is 13.1. The number of carbonyl (C=O) groups is 1. The van der Waals surface area contributed by atoms with Crippen LogP contribution in [0.2, 0.25) is 0 Å². The van der Waals surface area contributed by atoms with E-state index in [9.17, 15) is 9.90 Å². The van der Waals surface area contributed by atoms with Crippen LogP contribution in [0.15, 0.2) is 12.3 Å². The van der Waals surface area contributed by atoms with Crippen molar-refractivity contribution in [3.63, 3.8) is 0 Å². The quantitative estimate of drug-likeness (QED) is 0.846. The Labute approximate surface area is 126 Å². The first kappa shape index (κ1) is 16.0. The molecule has 1 aliphatic carbocycles. The largest absolute Gasteiger partial charge is 0.396 e. The lowest BCUT2D eigenvalue weighted by Gasteiger charge is -2.29. The second-order valence-corrected chi connectivity index (χ2v) is 6.33. The molecule has 1 heterocycles. The van der Waals surface area contributed by atoms with Gasteiger partial charge in [0.1, 0.15) is 5.69 Å². The van der Waals surface area contributed by atoms with Gasteiger partial charge in [0.15, 0.2) is 0 Å². The third-order valence-electron chi connectivity index (χ3n) is 4.45. The molecule has 0 saturated heterocycles. The minimum atomic E-state index is -0.149. The average Bonchev–Trinajstić information content (AvgIpc) is 2.99. The van der Waals surface area contributed by atoms with Gasteiger partial charge in [-0.25, -0.2) is 0 Å². The maximum atomic E-state index is 12.1. The molecule has 0 aromatic carbocycles. The molecule has 1 amide bonds. The number of amides is 1. The highest BCUT2D eigenvalue weighted by Crippen LogP contribution is 2.29. The third-order valence-corrected chi connectivity index (χ3v) is 4.45. The van der Waals surface area contributed by atoms with Crippen LogP contribution in [0, 0.1) is 11.8 Å². The molecule has 1 saturated carbocycles. The van der Waals surface area contributed by atoms with Crippen molar-refractivity contribution in [2.45, 2.75) is 52.0 Å². The maximum Gasteiger partial charge on any atom is 0.271 e. The Hall–Kier alpha value is -1.36. The van der Waals surface area contributed by atoms with Crippen LogP contribution in [0.3, 0.4) is 0 Å². The number of carbonyl (C=O) groups excluding carboxylic acids is 1. The van der Waals surface area contributed by atoms with Gasteiger partial charge in [-0.05, 0) is 25.8 Å². The Morgan fingerprint density at radius 3 is 2.71 bits per heavy atom. The number of nitrogens with zero attached hydrogens (tertiary/aromatic N) is 2.